The van der Waals surface area contributed by atoms with Crippen molar-refractivity contribution in [1.82, 2.24) is 9.88 Å². The molecule has 0 spiro atoms. The van der Waals surface area contributed by atoms with Gasteiger partial charge >= 0.3 is 0 Å². The molecule has 0 atom stereocenters. The first kappa shape index (κ1) is 15.6. The average Bonchev–Trinajstić information content (AvgIpc) is 2.39. The van der Waals surface area contributed by atoms with Gasteiger partial charge in [-0.15, -0.1) is 0 Å². The molecule has 5 heteroatoms. The minimum absolute atomic E-state index is 0.00986. The summed E-state index contributed by atoms with van der Waals surface area (Å²) in [5, 5.41) is 0.784. The van der Waals surface area contributed by atoms with Crippen LogP contribution in [0.4, 0.5) is 0 Å². The van der Waals surface area contributed by atoms with E-state index in [-0.39, 0.29) is 11.9 Å². The number of rotatable bonds is 6. The van der Waals surface area contributed by atoms with Crippen LogP contribution in [0.15, 0.2) is 22.8 Å². The van der Waals surface area contributed by atoms with Crippen LogP contribution in [-0.2, 0) is 0 Å². The lowest BCUT2D eigenvalue weighted by Gasteiger charge is -2.29. The van der Waals surface area contributed by atoms with Gasteiger partial charge in [-0.3, -0.25) is 4.79 Å². The van der Waals surface area contributed by atoms with Crippen LogP contribution in [0.25, 0.3) is 0 Å². The van der Waals surface area contributed by atoms with Crippen molar-refractivity contribution in [3.8, 4) is 0 Å². The van der Waals surface area contributed by atoms with Crippen LogP contribution in [0, 0.1) is 0 Å². The molecule has 0 radical (unpaired) electrons. The number of hydrogen-bond donors (Lipinski definition) is 0. The summed E-state index contributed by atoms with van der Waals surface area (Å²) in [4.78, 5) is 18.5. The highest BCUT2D eigenvalue weighted by Gasteiger charge is 2.22. The van der Waals surface area contributed by atoms with Crippen LogP contribution in [0.3, 0.4) is 0 Å². The van der Waals surface area contributed by atoms with Gasteiger partial charge < -0.3 is 4.90 Å². The van der Waals surface area contributed by atoms with Crippen molar-refractivity contribution in [2.75, 3.05) is 11.9 Å². The molecule has 1 aromatic heterocycles. The van der Waals surface area contributed by atoms with Crippen molar-refractivity contribution in [3.05, 3.63) is 28.5 Å². The minimum Gasteiger partial charge on any atom is -0.334 e. The Bertz CT molecular complexity index is 377. The van der Waals surface area contributed by atoms with Gasteiger partial charge in [0.05, 0.1) is 0 Å². The standard InChI is InChI=1S/C13H18Br2N2O/c1-3-11(4-2)17(8-7-14)13(18)12-6-5-10(15)9-16-12/h5-6,9,11H,3-4,7-8H2,1-2H3. The van der Waals surface area contributed by atoms with Crippen molar-refractivity contribution in [2.45, 2.75) is 32.7 Å². The second kappa shape index (κ2) is 7.89. The molecular weight excluding hydrogens is 360 g/mol. The third-order valence-corrected chi connectivity index (χ3v) is 3.74. The van der Waals surface area contributed by atoms with Crippen LogP contribution < -0.4 is 0 Å². The van der Waals surface area contributed by atoms with E-state index in [4.69, 9.17) is 0 Å². The predicted molar refractivity (Wildman–Crippen MR) is 81.1 cm³/mol. The Balaban J connectivity index is 2.91. The topological polar surface area (TPSA) is 33.2 Å². The van der Waals surface area contributed by atoms with Gasteiger partial charge in [-0.2, -0.15) is 0 Å². The molecule has 100 valence electrons. The highest BCUT2D eigenvalue weighted by atomic mass is 79.9. The minimum atomic E-state index is 0.00986. The second-order valence-corrected chi connectivity index (χ2v) is 5.73. The smallest absolute Gasteiger partial charge is 0.272 e. The molecule has 1 heterocycles. The Morgan fingerprint density at radius 2 is 2.06 bits per heavy atom. The van der Waals surface area contributed by atoms with Crippen LogP contribution in [0.2, 0.25) is 0 Å². The number of carbonyl (C=O) groups is 1. The summed E-state index contributed by atoms with van der Waals surface area (Å²) < 4.78 is 0.883. The SMILES string of the molecule is CCC(CC)N(CCBr)C(=O)c1ccc(Br)cn1. The van der Waals surface area contributed by atoms with Crippen molar-refractivity contribution in [3.63, 3.8) is 0 Å². The van der Waals surface area contributed by atoms with E-state index < -0.39 is 0 Å². The molecular formula is C13H18Br2N2O. The van der Waals surface area contributed by atoms with E-state index in [1.54, 1.807) is 12.3 Å². The predicted octanol–water partition coefficient (Wildman–Crippen LogP) is 3.87. The van der Waals surface area contributed by atoms with Gasteiger partial charge in [-0.25, -0.2) is 4.98 Å². The molecule has 0 aliphatic heterocycles. The van der Waals surface area contributed by atoms with E-state index in [0.29, 0.717) is 12.2 Å². The summed E-state index contributed by atoms with van der Waals surface area (Å²) >= 11 is 6.73. The first-order valence-corrected chi connectivity index (χ1v) is 8.03. The number of halogens is 2. The van der Waals surface area contributed by atoms with Crippen molar-refractivity contribution in [1.29, 1.82) is 0 Å². The number of carbonyl (C=O) groups excluding carboxylic acids is 1. The first-order valence-electron chi connectivity index (χ1n) is 6.12. The zero-order valence-corrected chi connectivity index (χ0v) is 13.9. The maximum absolute atomic E-state index is 12.4. The van der Waals surface area contributed by atoms with Gasteiger partial charge in [0.1, 0.15) is 5.69 Å². The third kappa shape index (κ3) is 4.05. The number of nitrogens with zero attached hydrogens (tertiary/aromatic N) is 2. The van der Waals surface area contributed by atoms with Crippen LogP contribution in [0.1, 0.15) is 37.2 Å². The first-order chi connectivity index (χ1) is 8.63. The van der Waals surface area contributed by atoms with E-state index in [2.05, 4.69) is 50.7 Å². The summed E-state index contributed by atoms with van der Waals surface area (Å²) in [6.45, 7) is 4.93. The lowest BCUT2D eigenvalue weighted by Crippen LogP contribution is -2.41. The van der Waals surface area contributed by atoms with E-state index in [1.807, 2.05) is 11.0 Å². The van der Waals surface area contributed by atoms with Crippen LogP contribution in [0.5, 0.6) is 0 Å². The third-order valence-electron chi connectivity index (χ3n) is 2.92. The lowest BCUT2D eigenvalue weighted by atomic mass is 10.1. The summed E-state index contributed by atoms with van der Waals surface area (Å²) in [5.74, 6) is 0.00986. The molecule has 0 saturated heterocycles. The molecule has 0 unspecified atom stereocenters. The Kier molecular flexibility index (Phi) is 6.86. The maximum Gasteiger partial charge on any atom is 0.272 e. The Labute approximate surface area is 125 Å². The molecule has 0 N–H and O–H groups in total. The molecule has 1 rings (SSSR count). The fourth-order valence-electron chi connectivity index (χ4n) is 1.92. The highest BCUT2D eigenvalue weighted by Crippen LogP contribution is 2.14. The molecule has 3 nitrogen and oxygen atoms in total. The van der Waals surface area contributed by atoms with Crippen LogP contribution in [-0.4, -0.2) is 33.7 Å². The van der Waals surface area contributed by atoms with E-state index in [9.17, 15) is 4.79 Å². The number of alkyl halides is 1. The fraction of sp³-hybridized carbons (Fsp3) is 0.538. The lowest BCUT2D eigenvalue weighted by molar-refractivity contribution is 0.0677. The van der Waals surface area contributed by atoms with Crippen LogP contribution >= 0.6 is 31.9 Å². The number of aromatic nitrogens is 1. The largest absolute Gasteiger partial charge is 0.334 e. The van der Waals surface area contributed by atoms with E-state index in [1.165, 1.54) is 0 Å². The Hall–Kier alpha value is -0.420. The summed E-state index contributed by atoms with van der Waals surface area (Å²) in [5.41, 5.74) is 0.506. The molecule has 0 aliphatic rings. The fourth-order valence-corrected chi connectivity index (χ4v) is 2.54. The van der Waals surface area contributed by atoms with Gasteiger partial charge in [0.2, 0.25) is 0 Å². The normalized spacial score (nSPS) is 10.7. The monoisotopic (exact) mass is 376 g/mol. The molecule has 0 bridgehead atoms. The summed E-state index contributed by atoms with van der Waals surface area (Å²) in [6.07, 6.45) is 3.59. The molecule has 0 saturated carbocycles. The van der Waals surface area contributed by atoms with Crippen molar-refractivity contribution >= 4 is 37.8 Å². The van der Waals surface area contributed by atoms with Gasteiger partial charge in [0.15, 0.2) is 0 Å². The molecule has 1 amide bonds. The van der Waals surface area contributed by atoms with Gasteiger partial charge in [0, 0.05) is 28.6 Å². The second-order valence-electron chi connectivity index (χ2n) is 4.02. The average molecular weight is 378 g/mol. The van der Waals surface area contributed by atoms with E-state index >= 15 is 0 Å². The summed E-state index contributed by atoms with van der Waals surface area (Å²) in [6, 6.07) is 3.88. The Morgan fingerprint density at radius 3 is 2.50 bits per heavy atom. The molecule has 0 aliphatic carbocycles. The van der Waals surface area contributed by atoms with Gasteiger partial charge in [0.25, 0.3) is 5.91 Å². The number of hydrogen-bond acceptors (Lipinski definition) is 2. The number of amides is 1. The van der Waals surface area contributed by atoms with Gasteiger partial charge in [-0.1, -0.05) is 29.8 Å². The highest BCUT2D eigenvalue weighted by molar-refractivity contribution is 9.10. The quantitative estimate of drug-likeness (QED) is 0.705. The number of pyridine rings is 1. The van der Waals surface area contributed by atoms with E-state index in [0.717, 1.165) is 22.6 Å². The zero-order valence-electron chi connectivity index (χ0n) is 10.7. The maximum atomic E-state index is 12.4. The molecule has 18 heavy (non-hydrogen) atoms. The zero-order chi connectivity index (χ0) is 13.5. The van der Waals surface area contributed by atoms with Crippen molar-refractivity contribution < 1.29 is 4.79 Å². The Morgan fingerprint density at radius 1 is 1.39 bits per heavy atom. The molecule has 1 aromatic rings. The summed E-state index contributed by atoms with van der Waals surface area (Å²) in [7, 11) is 0. The molecule has 0 fully saturated rings. The van der Waals surface area contributed by atoms with Crippen molar-refractivity contribution in [2.24, 2.45) is 0 Å². The molecule has 0 aromatic carbocycles. The van der Waals surface area contributed by atoms with Gasteiger partial charge in [-0.05, 0) is 40.9 Å².